The summed E-state index contributed by atoms with van der Waals surface area (Å²) >= 11 is 1.91. The molecule has 0 fully saturated rings. The molecule has 0 unspecified atom stereocenters. The Balaban J connectivity index is 2.33. The van der Waals surface area contributed by atoms with Crippen LogP contribution in [0.25, 0.3) is 0 Å². The van der Waals surface area contributed by atoms with Gasteiger partial charge in [0.1, 0.15) is 0 Å². The molecule has 0 spiro atoms. The maximum atomic E-state index is 4.49. The van der Waals surface area contributed by atoms with Crippen LogP contribution in [0.15, 0.2) is 4.99 Å². The van der Waals surface area contributed by atoms with Gasteiger partial charge in [-0.15, -0.1) is 0 Å². The van der Waals surface area contributed by atoms with Crippen LogP contribution in [0.4, 0.5) is 0 Å². The first-order valence-electron chi connectivity index (χ1n) is 5.11. The second-order valence-corrected chi connectivity index (χ2v) is 5.21. The summed E-state index contributed by atoms with van der Waals surface area (Å²) in [5.41, 5.74) is 0. The van der Waals surface area contributed by atoms with E-state index in [1.165, 1.54) is 6.42 Å². The van der Waals surface area contributed by atoms with E-state index in [2.05, 4.69) is 38.0 Å². The maximum Gasteiger partial charge on any atom is 0.157 e. The van der Waals surface area contributed by atoms with Crippen LogP contribution in [-0.2, 0) is 0 Å². The third-order valence-electron chi connectivity index (χ3n) is 2.37. The van der Waals surface area contributed by atoms with Crippen molar-refractivity contribution in [3.63, 3.8) is 0 Å². The predicted molar refractivity (Wildman–Crippen MR) is 61.4 cm³/mol. The molecule has 2 nitrogen and oxygen atoms in total. The fourth-order valence-corrected chi connectivity index (χ4v) is 2.59. The normalized spacial score (nSPS) is 24.7. The summed E-state index contributed by atoms with van der Waals surface area (Å²) in [6.45, 7) is 9.86. The lowest BCUT2D eigenvalue weighted by Gasteiger charge is -2.16. The fraction of sp³-hybridized carbons (Fsp3) is 0.900. The molecule has 0 aromatic carbocycles. The number of nitrogens with one attached hydrogen (secondary N) is 1. The second-order valence-electron chi connectivity index (χ2n) is 3.99. The SMILES string of the molecule is CC[C@@H](C)[C@H]1CN=C(NC(C)C)S1. The quantitative estimate of drug-likeness (QED) is 0.757. The Bertz CT molecular complexity index is 189. The third-order valence-corrected chi connectivity index (χ3v) is 3.76. The van der Waals surface area contributed by atoms with E-state index in [1.54, 1.807) is 0 Å². The van der Waals surface area contributed by atoms with Crippen molar-refractivity contribution in [2.24, 2.45) is 10.9 Å². The zero-order valence-corrected chi connectivity index (χ0v) is 9.82. The number of rotatable bonds is 3. The molecule has 0 saturated heterocycles. The van der Waals surface area contributed by atoms with E-state index in [1.807, 2.05) is 11.8 Å². The average Bonchev–Trinajstić information content (AvgIpc) is 2.50. The van der Waals surface area contributed by atoms with Gasteiger partial charge >= 0.3 is 0 Å². The summed E-state index contributed by atoms with van der Waals surface area (Å²) in [6, 6.07) is 0.502. The average molecular weight is 200 g/mol. The summed E-state index contributed by atoms with van der Waals surface area (Å²) in [4.78, 5) is 4.49. The highest BCUT2D eigenvalue weighted by Crippen LogP contribution is 2.27. The van der Waals surface area contributed by atoms with Crippen molar-refractivity contribution < 1.29 is 0 Å². The molecule has 1 aliphatic heterocycles. The molecule has 1 heterocycles. The van der Waals surface area contributed by atoms with Gasteiger partial charge in [-0.25, -0.2) is 0 Å². The van der Waals surface area contributed by atoms with Gasteiger partial charge in [0.05, 0.1) is 6.54 Å². The minimum Gasteiger partial charge on any atom is -0.363 e. The third kappa shape index (κ3) is 3.22. The number of hydrogen-bond donors (Lipinski definition) is 1. The predicted octanol–water partition coefficient (Wildman–Crippen LogP) is 2.50. The second kappa shape index (κ2) is 4.89. The van der Waals surface area contributed by atoms with Gasteiger partial charge in [-0.1, -0.05) is 32.0 Å². The topological polar surface area (TPSA) is 24.4 Å². The van der Waals surface area contributed by atoms with Crippen LogP contribution in [0, 0.1) is 5.92 Å². The van der Waals surface area contributed by atoms with Gasteiger partial charge in [-0.3, -0.25) is 4.99 Å². The van der Waals surface area contributed by atoms with Crippen molar-refractivity contribution in [3.05, 3.63) is 0 Å². The number of aliphatic imine (C=N–C) groups is 1. The highest BCUT2D eigenvalue weighted by Gasteiger charge is 2.23. The molecule has 3 heteroatoms. The molecule has 2 atom stereocenters. The summed E-state index contributed by atoms with van der Waals surface area (Å²) in [6.07, 6.45) is 1.25. The smallest absolute Gasteiger partial charge is 0.157 e. The van der Waals surface area contributed by atoms with Crippen LogP contribution in [0.3, 0.4) is 0 Å². The maximum absolute atomic E-state index is 4.49. The Hall–Kier alpha value is -0.180. The minimum absolute atomic E-state index is 0.502. The van der Waals surface area contributed by atoms with E-state index in [4.69, 9.17) is 0 Å². The zero-order valence-electron chi connectivity index (χ0n) is 9.00. The molecule has 1 rings (SSSR count). The van der Waals surface area contributed by atoms with Gasteiger partial charge in [-0.05, 0) is 19.8 Å². The van der Waals surface area contributed by atoms with Crippen molar-refractivity contribution >= 4 is 16.9 Å². The van der Waals surface area contributed by atoms with E-state index < -0.39 is 0 Å². The molecule has 0 bridgehead atoms. The van der Waals surface area contributed by atoms with Gasteiger partial charge in [0.2, 0.25) is 0 Å². The van der Waals surface area contributed by atoms with Crippen LogP contribution >= 0.6 is 11.8 Å². The molecular weight excluding hydrogens is 180 g/mol. The molecule has 13 heavy (non-hydrogen) atoms. The van der Waals surface area contributed by atoms with E-state index in [9.17, 15) is 0 Å². The lowest BCUT2D eigenvalue weighted by atomic mass is 10.1. The summed E-state index contributed by atoms with van der Waals surface area (Å²) in [5, 5.41) is 5.20. The Labute approximate surface area is 85.6 Å². The largest absolute Gasteiger partial charge is 0.363 e. The Kier molecular flexibility index (Phi) is 4.10. The highest BCUT2D eigenvalue weighted by molar-refractivity contribution is 8.14. The fourth-order valence-electron chi connectivity index (χ4n) is 1.28. The van der Waals surface area contributed by atoms with Gasteiger partial charge in [0.25, 0.3) is 0 Å². The first-order valence-corrected chi connectivity index (χ1v) is 5.99. The highest BCUT2D eigenvalue weighted by atomic mass is 32.2. The van der Waals surface area contributed by atoms with E-state index in [0.717, 1.165) is 17.6 Å². The van der Waals surface area contributed by atoms with E-state index >= 15 is 0 Å². The van der Waals surface area contributed by atoms with Crippen LogP contribution in [0.2, 0.25) is 0 Å². The van der Waals surface area contributed by atoms with Crippen LogP contribution in [0.5, 0.6) is 0 Å². The number of nitrogens with zero attached hydrogens (tertiary/aromatic N) is 1. The molecule has 0 aromatic heterocycles. The summed E-state index contributed by atoms with van der Waals surface area (Å²) in [7, 11) is 0. The first-order chi connectivity index (χ1) is 6.13. The Morgan fingerprint density at radius 3 is 2.77 bits per heavy atom. The number of amidine groups is 1. The number of hydrogen-bond acceptors (Lipinski definition) is 3. The molecule has 0 aliphatic carbocycles. The van der Waals surface area contributed by atoms with E-state index in [0.29, 0.717) is 11.3 Å². The summed E-state index contributed by atoms with van der Waals surface area (Å²) < 4.78 is 0. The minimum atomic E-state index is 0.502. The van der Waals surface area contributed by atoms with Crippen LogP contribution in [0.1, 0.15) is 34.1 Å². The molecule has 0 saturated carbocycles. The molecule has 1 N–H and O–H groups in total. The molecule has 0 radical (unpaired) electrons. The van der Waals surface area contributed by atoms with Gasteiger partial charge in [-0.2, -0.15) is 0 Å². The first kappa shape index (κ1) is 10.9. The number of thioether (sulfide) groups is 1. The van der Waals surface area contributed by atoms with Gasteiger partial charge in [0, 0.05) is 11.3 Å². The standard InChI is InChI=1S/C10H20N2S/c1-5-8(4)9-6-11-10(13-9)12-7(2)3/h7-9H,5-6H2,1-4H3,(H,11,12)/t8-,9-/m1/s1. The van der Waals surface area contributed by atoms with Gasteiger partial charge in [0.15, 0.2) is 5.17 Å². The Morgan fingerprint density at radius 1 is 1.54 bits per heavy atom. The van der Waals surface area contributed by atoms with Crippen molar-refractivity contribution in [3.8, 4) is 0 Å². The van der Waals surface area contributed by atoms with Gasteiger partial charge < -0.3 is 5.32 Å². The molecule has 0 aromatic rings. The molecule has 76 valence electrons. The Morgan fingerprint density at radius 2 is 2.23 bits per heavy atom. The van der Waals surface area contributed by atoms with Crippen molar-refractivity contribution in [1.29, 1.82) is 0 Å². The lowest BCUT2D eigenvalue weighted by Crippen LogP contribution is -2.27. The lowest BCUT2D eigenvalue weighted by molar-refractivity contribution is 0.544. The van der Waals surface area contributed by atoms with Crippen LogP contribution in [-0.4, -0.2) is 23.0 Å². The summed E-state index contributed by atoms with van der Waals surface area (Å²) in [5.74, 6) is 0.778. The molecule has 1 aliphatic rings. The monoisotopic (exact) mass is 200 g/mol. The van der Waals surface area contributed by atoms with E-state index in [-0.39, 0.29) is 0 Å². The van der Waals surface area contributed by atoms with Crippen LogP contribution < -0.4 is 5.32 Å². The van der Waals surface area contributed by atoms with Crippen molar-refractivity contribution in [1.82, 2.24) is 5.32 Å². The molecule has 0 amide bonds. The van der Waals surface area contributed by atoms with Crippen molar-refractivity contribution in [2.75, 3.05) is 6.54 Å². The zero-order chi connectivity index (χ0) is 9.84. The molecular formula is C10H20N2S. The van der Waals surface area contributed by atoms with Crippen molar-refractivity contribution in [2.45, 2.75) is 45.4 Å².